The summed E-state index contributed by atoms with van der Waals surface area (Å²) in [6.45, 7) is 1.83. The Morgan fingerprint density at radius 1 is 1.33 bits per heavy atom. The highest BCUT2D eigenvalue weighted by Crippen LogP contribution is 2.21. The standard InChI is InChI=1S/C14H16N2O6S2/c1-3-10-9(14(18)19)6-11(22-10)13(17)16-7-8-4-5-12(23-8)24(20,21)15-2/h4-6,15H,3,7H2,1-2H3,(H,16,17)(H,18,19). The van der Waals surface area contributed by atoms with Gasteiger partial charge < -0.3 is 14.8 Å². The number of carbonyl (C=O) groups excluding carboxylic acids is 1. The van der Waals surface area contributed by atoms with Crippen LogP contribution in [0.2, 0.25) is 0 Å². The Morgan fingerprint density at radius 3 is 2.58 bits per heavy atom. The fourth-order valence-corrected chi connectivity index (χ4v) is 4.07. The van der Waals surface area contributed by atoms with Gasteiger partial charge in [0.2, 0.25) is 10.0 Å². The number of amides is 1. The van der Waals surface area contributed by atoms with Crippen molar-refractivity contribution in [3.63, 3.8) is 0 Å². The van der Waals surface area contributed by atoms with E-state index in [0.717, 1.165) is 11.3 Å². The van der Waals surface area contributed by atoms with Crippen molar-refractivity contribution >= 4 is 33.2 Å². The number of rotatable bonds is 7. The van der Waals surface area contributed by atoms with E-state index >= 15 is 0 Å². The highest BCUT2D eigenvalue weighted by Gasteiger charge is 2.20. The molecule has 0 saturated heterocycles. The number of carbonyl (C=O) groups is 2. The number of furan rings is 1. The molecule has 8 nitrogen and oxygen atoms in total. The Morgan fingerprint density at radius 2 is 2.04 bits per heavy atom. The summed E-state index contributed by atoms with van der Waals surface area (Å²) < 4.78 is 30.9. The minimum atomic E-state index is -3.51. The summed E-state index contributed by atoms with van der Waals surface area (Å²) in [4.78, 5) is 23.8. The van der Waals surface area contributed by atoms with Gasteiger partial charge in [-0.2, -0.15) is 0 Å². The van der Waals surface area contributed by atoms with Crippen LogP contribution in [0.1, 0.15) is 38.5 Å². The van der Waals surface area contributed by atoms with Crippen LogP contribution in [0.15, 0.2) is 26.8 Å². The fourth-order valence-electron chi connectivity index (χ4n) is 1.94. The van der Waals surface area contributed by atoms with E-state index in [1.807, 2.05) is 0 Å². The molecule has 3 N–H and O–H groups in total. The molecule has 2 aromatic heterocycles. The van der Waals surface area contributed by atoms with Gasteiger partial charge in [-0.15, -0.1) is 11.3 Å². The van der Waals surface area contributed by atoms with Crippen LogP contribution in [0, 0.1) is 0 Å². The smallest absolute Gasteiger partial charge is 0.339 e. The first-order chi connectivity index (χ1) is 11.3. The fraction of sp³-hybridized carbons (Fsp3) is 0.286. The van der Waals surface area contributed by atoms with Crippen molar-refractivity contribution in [2.24, 2.45) is 0 Å². The van der Waals surface area contributed by atoms with E-state index in [2.05, 4.69) is 10.0 Å². The monoisotopic (exact) mass is 372 g/mol. The third-order valence-corrected chi connectivity index (χ3v) is 6.17. The highest BCUT2D eigenvalue weighted by atomic mass is 32.2. The number of hydrogen-bond acceptors (Lipinski definition) is 6. The average molecular weight is 372 g/mol. The molecule has 10 heteroatoms. The first-order valence-corrected chi connectivity index (χ1v) is 9.25. The quantitative estimate of drug-likeness (QED) is 0.675. The average Bonchev–Trinajstić information content (AvgIpc) is 3.19. The van der Waals surface area contributed by atoms with Gasteiger partial charge in [0.15, 0.2) is 5.76 Å². The number of sulfonamides is 1. The number of thiophene rings is 1. The zero-order valence-corrected chi connectivity index (χ0v) is 14.6. The summed E-state index contributed by atoms with van der Waals surface area (Å²) in [7, 11) is -2.19. The summed E-state index contributed by atoms with van der Waals surface area (Å²) in [5, 5.41) is 11.6. The van der Waals surface area contributed by atoms with E-state index in [1.165, 1.54) is 19.2 Å². The van der Waals surface area contributed by atoms with Crippen LogP contribution in [-0.2, 0) is 23.0 Å². The maximum atomic E-state index is 12.1. The zero-order valence-electron chi connectivity index (χ0n) is 13.0. The topological polar surface area (TPSA) is 126 Å². The Kier molecular flexibility index (Phi) is 5.42. The summed E-state index contributed by atoms with van der Waals surface area (Å²) in [5.41, 5.74) is -0.0406. The number of aromatic carboxylic acids is 1. The molecule has 0 aliphatic carbocycles. The molecule has 0 aromatic carbocycles. The van der Waals surface area contributed by atoms with E-state index in [1.54, 1.807) is 13.0 Å². The third kappa shape index (κ3) is 3.83. The van der Waals surface area contributed by atoms with Crippen molar-refractivity contribution in [1.29, 1.82) is 0 Å². The number of aryl methyl sites for hydroxylation is 1. The maximum absolute atomic E-state index is 12.1. The molecule has 130 valence electrons. The minimum absolute atomic E-state index is 0.0406. The summed E-state index contributed by atoms with van der Waals surface area (Å²) >= 11 is 1.03. The van der Waals surface area contributed by atoms with Crippen molar-refractivity contribution in [3.8, 4) is 0 Å². The normalized spacial score (nSPS) is 11.4. The van der Waals surface area contributed by atoms with Crippen molar-refractivity contribution in [1.82, 2.24) is 10.0 Å². The lowest BCUT2D eigenvalue weighted by Gasteiger charge is -2.01. The van der Waals surface area contributed by atoms with Crippen molar-refractivity contribution in [2.45, 2.75) is 24.1 Å². The minimum Gasteiger partial charge on any atom is -0.478 e. The lowest BCUT2D eigenvalue weighted by Crippen LogP contribution is -2.21. The van der Waals surface area contributed by atoms with Gasteiger partial charge in [0.1, 0.15) is 15.5 Å². The number of hydrogen-bond donors (Lipinski definition) is 3. The van der Waals surface area contributed by atoms with Crippen LogP contribution < -0.4 is 10.0 Å². The van der Waals surface area contributed by atoms with Crippen molar-refractivity contribution < 1.29 is 27.5 Å². The predicted octanol–water partition coefficient (Wildman–Crippen LogP) is 1.44. The lowest BCUT2D eigenvalue weighted by molar-refractivity contribution is 0.0694. The molecule has 0 saturated carbocycles. The van der Waals surface area contributed by atoms with Gasteiger partial charge in [-0.3, -0.25) is 4.79 Å². The molecule has 1 amide bonds. The van der Waals surface area contributed by atoms with Gasteiger partial charge in [0.25, 0.3) is 5.91 Å². The SMILES string of the molecule is CCc1oc(C(=O)NCc2ccc(S(=O)(=O)NC)s2)cc1C(=O)O. The van der Waals surface area contributed by atoms with E-state index < -0.39 is 21.9 Å². The van der Waals surface area contributed by atoms with Gasteiger partial charge in [0, 0.05) is 17.4 Å². The second kappa shape index (κ2) is 7.16. The third-order valence-electron chi connectivity index (χ3n) is 3.18. The Hall–Kier alpha value is -2.17. The van der Waals surface area contributed by atoms with Gasteiger partial charge >= 0.3 is 5.97 Å². The van der Waals surface area contributed by atoms with Crippen LogP contribution in [0.5, 0.6) is 0 Å². The van der Waals surface area contributed by atoms with Crippen LogP contribution in [0.3, 0.4) is 0 Å². The maximum Gasteiger partial charge on any atom is 0.339 e. The first kappa shape index (κ1) is 18.2. The van der Waals surface area contributed by atoms with E-state index in [-0.39, 0.29) is 27.8 Å². The summed E-state index contributed by atoms with van der Waals surface area (Å²) in [6, 6.07) is 4.22. The van der Waals surface area contributed by atoms with Gasteiger partial charge in [-0.25, -0.2) is 17.9 Å². The molecular weight excluding hydrogens is 356 g/mol. The molecule has 2 aromatic rings. The molecule has 0 aliphatic rings. The molecule has 0 unspecified atom stereocenters. The molecule has 0 bridgehead atoms. The summed E-state index contributed by atoms with van der Waals surface area (Å²) in [6.07, 6.45) is 0.352. The van der Waals surface area contributed by atoms with Crippen LogP contribution in [0.25, 0.3) is 0 Å². The molecule has 24 heavy (non-hydrogen) atoms. The van der Waals surface area contributed by atoms with Gasteiger partial charge in [-0.1, -0.05) is 6.92 Å². The largest absolute Gasteiger partial charge is 0.478 e. The van der Waals surface area contributed by atoms with Crippen molar-refractivity contribution in [2.75, 3.05) is 7.05 Å². The molecule has 0 radical (unpaired) electrons. The molecule has 0 aliphatic heterocycles. The van der Waals surface area contributed by atoms with Crippen LogP contribution in [-0.4, -0.2) is 32.4 Å². The molecule has 0 fully saturated rings. The Bertz CT molecular complexity index is 866. The number of carboxylic acid groups (broad SMARTS) is 1. The lowest BCUT2D eigenvalue weighted by atomic mass is 10.2. The molecule has 0 atom stereocenters. The molecule has 2 rings (SSSR count). The Labute approximate surface area is 142 Å². The van der Waals surface area contributed by atoms with E-state index in [0.29, 0.717) is 11.3 Å². The second-order valence-electron chi connectivity index (χ2n) is 4.72. The first-order valence-electron chi connectivity index (χ1n) is 6.95. The zero-order chi connectivity index (χ0) is 17.9. The van der Waals surface area contributed by atoms with E-state index in [4.69, 9.17) is 9.52 Å². The number of nitrogens with one attached hydrogen (secondary N) is 2. The predicted molar refractivity (Wildman–Crippen MR) is 86.8 cm³/mol. The van der Waals surface area contributed by atoms with Gasteiger partial charge in [-0.05, 0) is 19.2 Å². The van der Waals surface area contributed by atoms with Gasteiger partial charge in [0.05, 0.1) is 6.54 Å². The van der Waals surface area contributed by atoms with Crippen LogP contribution >= 0.6 is 11.3 Å². The molecule has 0 spiro atoms. The molecule has 2 heterocycles. The van der Waals surface area contributed by atoms with Crippen LogP contribution in [0.4, 0.5) is 0 Å². The molecular formula is C14H16N2O6S2. The highest BCUT2D eigenvalue weighted by molar-refractivity contribution is 7.91. The second-order valence-corrected chi connectivity index (χ2v) is 8.00. The number of carboxylic acids is 1. The van der Waals surface area contributed by atoms with E-state index in [9.17, 15) is 18.0 Å². The van der Waals surface area contributed by atoms with Crippen molar-refractivity contribution in [3.05, 3.63) is 40.2 Å². The Balaban J connectivity index is 2.08. The summed E-state index contributed by atoms with van der Waals surface area (Å²) in [5.74, 6) is -1.59.